The van der Waals surface area contributed by atoms with Crippen molar-refractivity contribution in [2.45, 2.75) is 32.7 Å². The van der Waals surface area contributed by atoms with Gasteiger partial charge in [-0.25, -0.2) is 0 Å². The Bertz CT molecular complexity index is 473. The number of nitriles is 1. The van der Waals surface area contributed by atoms with Crippen LogP contribution in [0.1, 0.15) is 35.8 Å². The number of carbonyl (C=O) groups is 1. The summed E-state index contributed by atoms with van der Waals surface area (Å²) in [5.41, 5.74) is 1.78. The van der Waals surface area contributed by atoms with E-state index in [0.717, 1.165) is 36.5 Å². The topological polar surface area (TPSA) is 64.9 Å². The zero-order valence-corrected chi connectivity index (χ0v) is 10.6. The summed E-state index contributed by atoms with van der Waals surface area (Å²) >= 11 is 1.52. The van der Waals surface area contributed by atoms with Crippen LogP contribution in [-0.4, -0.2) is 12.5 Å². The van der Waals surface area contributed by atoms with Gasteiger partial charge < -0.3 is 10.6 Å². The van der Waals surface area contributed by atoms with E-state index in [1.165, 1.54) is 16.2 Å². The molecule has 1 aromatic heterocycles. The van der Waals surface area contributed by atoms with Gasteiger partial charge in [0.1, 0.15) is 11.1 Å². The number of fused-ring (bicyclic) bond motifs is 1. The molecular weight excluding hydrogens is 234 g/mol. The Labute approximate surface area is 105 Å². The zero-order chi connectivity index (χ0) is 12.3. The second-order valence-electron chi connectivity index (χ2n) is 4.04. The van der Waals surface area contributed by atoms with Crippen molar-refractivity contribution >= 4 is 22.2 Å². The lowest BCUT2D eigenvalue weighted by Gasteiger charge is -2.11. The Morgan fingerprint density at radius 1 is 1.65 bits per heavy atom. The maximum Gasteiger partial charge on any atom is 0.224 e. The van der Waals surface area contributed by atoms with E-state index < -0.39 is 0 Å². The predicted molar refractivity (Wildman–Crippen MR) is 68.0 cm³/mol. The molecule has 0 aromatic carbocycles. The fourth-order valence-corrected chi connectivity index (χ4v) is 3.14. The van der Waals surface area contributed by atoms with Gasteiger partial charge in [0.05, 0.1) is 5.56 Å². The molecule has 0 bridgehead atoms. The molecule has 1 aliphatic rings. The van der Waals surface area contributed by atoms with Gasteiger partial charge in [0.15, 0.2) is 0 Å². The van der Waals surface area contributed by atoms with E-state index >= 15 is 0 Å². The number of rotatable bonds is 3. The first-order valence-electron chi connectivity index (χ1n) is 5.81. The monoisotopic (exact) mass is 249 g/mol. The molecule has 2 heterocycles. The van der Waals surface area contributed by atoms with Crippen LogP contribution in [0.25, 0.3) is 0 Å². The molecular formula is C12H15N3OS. The molecule has 0 spiro atoms. The minimum absolute atomic E-state index is 0.00411. The number of nitrogens with zero attached hydrogens (tertiary/aromatic N) is 1. The van der Waals surface area contributed by atoms with Gasteiger partial charge in [-0.1, -0.05) is 6.92 Å². The minimum Gasteiger partial charge on any atom is -0.317 e. The van der Waals surface area contributed by atoms with Crippen LogP contribution in [0.2, 0.25) is 0 Å². The van der Waals surface area contributed by atoms with E-state index in [0.29, 0.717) is 12.0 Å². The van der Waals surface area contributed by atoms with Gasteiger partial charge in [0.25, 0.3) is 0 Å². The average molecular weight is 249 g/mol. The van der Waals surface area contributed by atoms with E-state index in [1.54, 1.807) is 0 Å². The van der Waals surface area contributed by atoms with E-state index in [9.17, 15) is 10.1 Å². The Kier molecular flexibility index (Phi) is 3.77. The number of nitrogens with one attached hydrogen (secondary N) is 2. The van der Waals surface area contributed by atoms with Gasteiger partial charge in [-0.05, 0) is 24.9 Å². The number of hydrogen-bond donors (Lipinski definition) is 2. The Morgan fingerprint density at radius 3 is 3.18 bits per heavy atom. The van der Waals surface area contributed by atoms with Crippen molar-refractivity contribution in [1.29, 1.82) is 5.26 Å². The molecule has 2 rings (SSSR count). The highest BCUT2D eigenvalue weighted by molar-refractivity contribution is 7.16. The van der Waals surface area contributed by atoms with Crippen molar-refractivity contribution < 1.29 is 4.79 Å². The normalized spacial score (nSPS) is 13.9. The van der Waals surface area contributed by atoms with E-state index in [1.807, 2.05) is 6.92 Å². The lowest BCUT2D eigenvalue weighted by atomic mass is 10.1. The van der Waals surface area contributed by atoms with E-state index in [4.69, 9.17) is 0 Å². The van der Waals surface area contributed by atoms with Crippen LogP contribution in [0.3, 0.4) is 0 Å². The SMILES string of the molecule is CCCC(=O)Nc1sc2c(c1C#N)CCNC2. The van der Waals surface area contributed by atoms with Crippen LogP contribution >= 0.6 is 11.3 Å². The largest absolute Gasteiger partial charge is 0.317 e. The van der Waals surface area contributed by atoms with Gasteiger partial charge in [-0.15, -0.1) is 11.3 Å². The van der Waals surface area contributed by atoms with Gasteiger partial charge in [0.2, 0.25) is 5.91 Å². The molecule has 0 saturated carbocycles. The van der Waals surface area contributed by atoms with Gasteiger partial charge in [0, 0.05) is 17.8 Å². The molecule has 1 amide bonds. The molecule has 1 aromatic rings. The highest BCUT2D eigenvalue weighted by Crippen LogP contribution is 2.34. The molecule has 1 aliphatic heterocycles. The predicted octanol–water partition coefficient (Wildman–Crippen LogP) is 2.00. The summed E-state index contributed by atoms with van der Waals surface area (Å²) in [6.07, 6.45) is 2.20. The maximum atomic E-state index is 11.6. The van der Waals surface area contributed by atoms with Crippen LogP contribution in [-0.2, 0) is 17.8 Å². The molecule has 0 fully saturated rings. The quantitative estimate of drug-likeness (QED) is 0.861. The number of carbonyl (C=O) groups excluding carboxylic acids is 1. The summed E-state index contributed by atoms with van der Waals surface area (Å²) in [7, 11) is 0. The average Bonchev–Trinajstić information content (AvgIpc) is 2.66. The summed E-state index contributed by atoms with van der Waals surface area (Å²) in [6.45, 7) is 3.67. The highest BCUT2D eigenvalue weighted by Gasteiger charge is 2.21. The van der Waals surface area contributed by atoms with Crippen molar-refractivity contribution in [2.75, 3.05) is 11.9 Å². The molecule has 5 heteroatoms. The van der Waals surface area contributed by atoms with E-state index in [-0.39, 0.29) is 5.91 Å². The fourth-order valence-electron chi connectivity index (χ4n) is 1.96. The molecule has 0 unspecified atom stereocenters. The van der Waals surface area contributed by atoms with Crippen LogP contribution < -0.4 is 10.6 Å². The van der Waals surface area contributed by atoms with Crippen molar-refractivity contribution in [2.24, 2.45) is 0 Å². The zero-order valence-electron chi connectivity index (χ0n) is 9.80. The lowest BCUT2D eigenvalue weighted by Crippen LogP contribution is -2.22. The van der Waals surface area contributed by atoms with Crippen molar-refractivity contribution in [3.63, 3.8) is 0 Å². The first-order chi connectivity index (χ1) is 8.26. The molecule has 2 N–H and O–H groups in total. The third kappa shape index (κ3) is 2.48. The van der Waals surface area contributed by atoms with Crippen LogP contribution in [0.5, 0.6) is 0 Å². The van der Waals surface area contributed by atoms with Gasteiger partial charge >= 0.3 is 0 Å². The molecule has 4 nitrogen and oxygen atoms in total. The van der Waals surface area contributed by atoms with Crippen LogP contribution in [0.15, 0.2) is 0 Å². The molecule has 0 saturated heterocycles. The summed E-state index contributed by atoms with van der Waals surface area (Å²) in [4.78, 5) is 12.7. The number of thiophene rings is 1. The highest BCUT2D eigenvalue weighted by atomic mass is 32.1. The number of anilines is 1. The first-order valence-corrected chi connectivity index (χ1v) is 6.63. The third-order valence-corrected chi connectivity index (χ3v) is 3.92. The first kappa shape index (κ1) is 12.1. The van der Waals surface area contributed by atoms with Gasteiger partial charge in [-0.2, -0.15) is 5.26 Å². The summed E-state index contributed by atoms with van der Waals surface area (Å²) in [5, 5.41) is 16.0. The Balaban J connectivity index is 2.25. The molecule has 17 heavy (non-hydrogen) atoms. The molecule has 0 atom stereocenters. The standard InChI is InChI=1S/C12H15N3OS/c1-2-3-11(16)15-12-9(6-13)8-4-5-14-7-10(8)17-12/h14H,2-5,7H2,1H3,(H,15,16). The summed E-state index contributed by atoms with van der Waals surface area (Å²) in [6, 6.07) is 2.22. The van der Waals surface area contributed by atoms with Gasteiger partial charge in [-0.3, -0.25) is 4.79 Å². The number of amides is 1. The maximum absolute atomic E-state index is 11.6. The summed E-state index contributed by atoms with van der Waals surface area (Å²) in [5.74, 6) is -0.00411. The molecule has 0 radical (unpaired) electrons. The van der Waals surface area contributed by atoms with E-state index in [2.05, 4.69) is 16.7 Å². The Hall–Kier alpha value is -1.38. The lowest BCUT2D eigenvalue weighted by molar-refractivity contribution is -0.116. The fraction of sp³-hybridized carbons (Fsp3) is 0.500. The van der Waals surface area contributed by atoms with Crippen molar-refractivity contribution in [3.8, 4) is 6.07 Å². The second kappa shape index (κ2) is 5.30. The Morgan fingerprint density at radius 2 is 2.47 bits per heavy atom. The van der Waals surface area contributed by atoms with Crippen molar-refractivity contribution in [3.05, 3.63) is 16.0 Å². The summed E-state index contributed by atoms with van der Waals surface area (Å²) < 4.78 is 0. The third-order valence-electron chi connectivity index (χ3n) is 2.77. The molecule has 0 aliphatic carbocycles. The molecule has 90 valence electrons. The number of hydrogen-bond acceptors (Lipinski definition) is 4. The van der Waals surface area contributed by atoms with Crippen LogP contribution in [0.4, 0.5) is 5.00 Å². The van der Waals surface area contributed by atoms with Crippen molar-refractivity contribution in [1.82, 2.24) is 5.32 Å². The second-order valence-corrected chi connectivity index (χ2v) is 5.15. The van der Waals surface area contributed by atoms with Crippen LogP contribution in [0, 0.1) is 11.3 Å². The minimum atomic E-state index is -0.00411. The smallest absolute Gasteiger partial charge is 0.224 e.